The van der Waals surface area contributed by atoms with Gasteiger partial charge in [-0.2, -0.15) is 0 Å². The molecule has 80 heavy (non-hydrogen) atoms. The highest BCUT2D eigenvalue weighted by Crippen LogP contribution is 2.44. The maximum Gasteiger partial charge on any atom is 0.335 e. The molecule has 0 bridgehead atoms. The lowest BCUT2D eigenvalue weighted by Gasteiger charge is -2.39. The number of carbonyl (C=O) groups is 2. The van der Waals surface area contributed by atoms with E-state index >= 15 is 0 Å². The zero-order valence-corrected chi connectivity index (χ0v) is 40.8. The van der Waals surface area contributed by atoms with Crippen LogP contribution in [0.2, 0.25) is 0 Å². The van der Waals surface area contributed by atoms with Crippen LogP contribution >= 0.6 is 0 Å². The van der Waals surface area contributed by atoms with Gasteiger partial charge >= 0.3 is 11.9 Å². The third-order valence-electron chi connectivity index (χ3n) is 12.4. The number of ether oxygens (including phenoxy) is 3. The van der Waals surface area contributed by atoms with E-state index in [4.69, 9.17) is 28.2 Å². The van der Waals surface area contributed by atoms with Crippen molar-refractivity contribution in [2.24, 2.45) is 0 Å². The minimum Gasteiger partial charge on any atom is -0.508 e. The second-order valence-electron chi connectivity index (χ2n) is 18.1. The van der Waals surface area contributed by atoms with Crippen LogP contribution in [0.5, 0.6) is 74.7 Å². The third-order valence-corrected chi connectivity index (χ3v) is 12.4. The van der Waals surface area contributed by atoms with E-state index in [0.29, 0.717) is 5.56 Å². The summed E-state index contributed by atoms with van der Waals surface area (Å²) in [6, 6.07) is 13.3. The lowest BCUT2D eigenvalue weighted by atomic mass is 9.79. The maximum atomic E-state index is 13.2. The van der Waals surface area contributed by atoms with Crippen molar-refractivity contribution in [1.29, 1.82) is 0 Å². The van der Waals surface area contributed by atoms with Gasteiger partial charge in [0, 0.05) is 54.3 Å². The molecular weight excluding hydrogens is 1070 g/mol. The largest absolute Gasteiger partial charge is 0.508 e. The van der Waals surface area contributed by atoms with Gasteiger partial charge in [-0.3, -0.25) is 9.59 Å². The number of hydrogen-bond donors (Lipinski definition) is 19. The summed E-state index contributed by atoms with van der Waals surface area (Å²) < 4.78 is 26.8. The van der Waals surface area contributed by atoms with Gasteiger partial charge in [-0.25, -0.2) is 9.59 Å². The molecule has 2 aromatic heterocycles. The van der Waals surface area contributed by atoms with Gasteiger partial charge in [0.25, 0.3) is 0 Å². The van der Waals surface area contributed by atoms with Crippen LogP contribution in [0.4, 0.5) is 0 Å². The Bertz CT molecular complexity index is 3660. The van der Waals surface area contributed by atoms with Crippen molar-refractivity contribution in [2.45, 2.75) is 74.4 Å². The van der Waals surface area contributed by atoms with Gasteiger partial charge in [0.2, 0.25) is 28.6 Å². The number of fused-ring (bicyclic) bond motifs is 2. The number of esters is 1. The van der Waals surface area contributed by atoms with Crippen LogP contribution in [-0.4, -0.2) is 164 Å². The Hall–Kier alpha value is -9.68. The number of carboxylic acid groups (broad SMARTS) is 1. The quantitative estimate of drug-likeness (QED) is 0.0583. The molecule has 2 fully saturated rings. The number of phenolic OH excluding ortho intramolecular Hbond substituents is 11. The van der Waals surface area contributed by atoms with E-state index in [2.05, 4.69) is 0 Å². The average Bonchev–Trinajstić information content (AvgIpc) is 3.56. The number of hydrogen-bond acceptors (Lipinski definition) is 27. The zero-order chi connectivity index (χ0) is 59.0. The Morgan fingerprint density at radius 1 is 0.575 bits per heavy atom. The normalized spacial score (nSPS) is 22.6. The highest BCUT2D eigenvalue weighted by Gasteiger charge is 2.50. The van der Waals surface area contributed by atoms with E-state index in [-0.39, 0.29) is 56.4 Å². The van der Waals surface area contributed by atoms with Gasteiger partial charge in [-0.15, -0.1) is 0 Å². The zero-order valence-electron chi connectivity index (χ0n) is 40.8. The second kappa shape index (κ2) is 22.7. The van der Waals surface area contributed by atoms with Crippen molar-refractivity contribution in [3.63, 3.8) is 0 Å². The predicted octanol–water partition coefficient (Wildman–Crippen LogP) is 1.54. The SMILES string of the molecule is C[C@@H]1O[C@@H](Oc2c(-c3cc(O)c(O)c(O)c3)oc3cc(O)cc(O)c3c2=O)[C@H](O)[C@H](O)[C@H]1O.O=C(/C=C/c1ccc(O)c(O)c1)O[C@@H]1C[C@](O)(C(=O)O)C[C@@H](O)[C@H]1O.O=c1c(O)c(-c2ccc(O)c(O)c2)oc2cc(O)cc(O)c12. The summed E-state index contributed by atoms with van der Waals surface area (Å²) in [7, 11) is 0. The summed E-state index contributed by atoms with van der Waals surface area (Å²) in [5, 5.41) is 184. The first kappa shape index (κ1) is 58.0. The van der Waals surface area contributed by atoms with E-state index < -0.39 is 153 Å². The Labute approximate surface area is 445 Å². The molecule has 9 atom stereocenters. The molecule has 1 aliphatic carbocycles. The van der Waals surface area contributed by atoms with Gasteiger partial charge in [-0.1, -0.05) is 6.07 Å². The number of rotatable bonds is 8. The van der Waals surface area contributed by atoms with E-state index in [1.807, 2.05) is 0 Å². The number of aliphatic hydroxyl groups excluding tert-OH is 5. The molecule has 7 aromatic rings. The molecule has 28 heteroatoms. The number of phenols is 11. The number of carboxylic acids is 1. The van der Waals surface area contributed by atoms with Crippen LogP contribution in [0.15, 0.2) is 97.3 Å². The van der Waals surface area contributed by atoms with Crippen molar-refractivity contribution in [3.8, 4) is 97.4 Å². The molecular formula is C52H48O28. The minimum absolute atomic E-state index is 0.134. The van der Waals surface area contributed by atoms with Crippen LogP contribution in [-0.2, 0) is 19.1 Å². The summed E-state index contributed by atoms with van der Waals surface area (Å²) in [5.41, 5.74) is -4.27. The van der Waals surface area contributed by atoms with Gasteiger partial charge < -0.3 is 120 Å². The molecule has 2 aliphatic rings. The van der Waals surface area contributed by atoms with Crippen molar-refractivity contribution >= 4 is 40.0 Å². The molecule has 424 valence electrons. The summed E-state index contributed by atoms with van der Waals surface area (Å²) in [6.07, 6.45) is -11.0. The monoisotopic (exact) mass is 1120 g/mol. The third kappa shape index (κ3) is 11.9. The summed E-state index contributed by atoms with van der Waals surface area (Å²) >= 11 is 0. The highest BCUT2D eigenvalue weighted by molar-refractivity contribution is 5.90. The standard InChI is InChI=1S/C21H20O12.C16H18O9.C15H10O7/c1-6-14(26)17(29)18(30)21(31-6)33-20-16(28)13-9(23)4-8(22)5-12(13)32-19(20)7-2-10(24)15(27)11(25)3-7;17-9-3-1-8(5-10(9)18)2-4-13(20)25-12-7-16(24,15(22)23)6-11(19)14(12)21;16-7-4-10(19)12-11(5-7)22-15(14(21)13(12)20)6-1-2-8(17)9(18)3-6/h2-6,14,17-18,21-27,29-30H,1H3;1-5,11-12,14,17-19,21,24H,6-7H2,(H,22,23);1-5,16-19,21H/b;4-2+;/t6-,14-,17+,18+,21-;11-,12-,14-,16+;/m01./s1. The molecule has 0 radical (unpaired) electrons. The van der Waals surface area contributed by atoms with Crippen molar-refractivity contribution in [2.75, 3.05) is 0 Å². The van der Waals surface area contributed by atoms with Gasteiger partial charge in [0.15, 0.2) is 57.4 Å². The molecule has 0 unspecified atom stereocenters. The number of aliphatic hydroxyl groups is 6. The molecule has 9 rings (SSSR count). The van der Waals surface area contributed by atoms with E-state index in [0.717, 1.165) is 54.6 Å². The number of benzene rings is 5. The fourth-order valence-corrected chi connectivity index (χ4v) is 8.20. The summed E-state index contributed by atoms with van der Waals surface area (Å²) in [4.78, 5) is 48.3. The molecule has 19 N–H and O–H groups in total. The molecule has 28 nitrogen and oxygen atoms in total. The van der Waals surface area contributed by atoms with Crippen molar-refractivity contribution in [1.82, 2.24) is 0 Å². The smallest absolute Gasteiger partial charge is 0.335 e. The molecule has 1 saturated carbocycles. The Balaban J connectivity index is 0.000000178. The molecule has 0 amide bonds. The van der Waals surface area contributed by atoms with Crippen LogP contribution in [0, 0.1) is 0 Å². The molecule has 1 saturated heterocycles. The van der Waals surface area contributed by atoms with E-state index in [9.17, 15) is 111 Å². The van der Waals surface area contributed by atoms with Gasteiger partial charge in [-0.05, 0) is 61.0 Å². The first-order valence-electron chi connectivity index (χ1n) is 23.1. The molecule has 0 spiro atoms. The molecule has 1 aliphatic heterocycles. The van der Waals surface area contributed by atoms with Crippen LogP contribution in [0.1, 0.15) is 25.3 Å². The Morgan fingerprint density at radius 3 is 1.68 bits per heavy atom. The fraction of sp³-hybridized carbons (Fsp3) is 0.231. The summed E-state index contributed by atoms with van der Waals surface area (Å²) in [6.45, 7) is 1.39. The highest BCUT2D eigenvalue weighted by atomic mass is 16.7. The number of carbonyl (C=O) groups excluding carboxylic acids is 1. The van der Waals surface area contributed by atoms with Crippen LogP contribution in [0.25, 0.3) is 50.7 Å². The van der Waals surface area contributed by atoms with Crippen molar-refractivity contribution in [3.05, 3.63) is 105 Å². The van der Waals surface area contributed by atoms with E-state index in [1.165, 1.54) is 37.3 Å². The van der Waals surface area contributed by atoms with Crippen molar-refractivity contribution < 1.29 is 130 Å². The van der Waals surface area contributed by atoms with Crippen LogP contribution < -0.4 is 15.6 Å². The predicted molar refractivity (Wildman–Crippen MR) is 268 cm³/mol. The Morgan fingerprint density at radius 2 is 1.11 bits per heavy atom. The number of aliphatic carboxylic acids is 1. The van der Waals surface area contributed by atoms with Gasteiger partial charge in [0.1, 0.15) is 75.5 Å². The lowest BCUT2D eigenvalue weighted by molar-refractivity contribution is -0.268. The Kier molecular flexibility index (Phi) is 16.5. The average molecular weight is 1120 g/mol. The molecule has 5 aromatic carbocycles. The number of aromatic hydroxyl groups is 12. The topological polar surface area (TPSA) is 507 Å². The maximum absolute atomic E-state index is 13.2. The van der Waals surface area contributed by atoms with Gasteiger partial charge in [0.05, 0.1) is 12.2 Å². The minimum atomic E-state index is -2.31. The molecule has 3 heterocycles. The lowest BCUT2D eigenvalue weighted by Crippen LogP contribution is -2.58. The first-order valence-corrected chi connectivity index (χ1v) is 23.1. The second-order valence-corrected chi connectivity index (χ2v) is 18.1. The van der Waals surface area contributed by atoms with Crippen LogP contribution in [0.3, 0.4) is 0 Å². The summed E-state index contributed by atoms with van der Waals surface area (Å²) in [5.74, 6) is -10.5. The van der Waals surface area contributed by atoms with E-state index in [1.54, 1.807) is 0 Å². The fourth-order valence-electron chi connectivity index (χ4n) is 8.20. The first-order chi connectivity index (χ1) is 37.5.